The average molecular weight is 205 g/mol. The van der Waals surface area contributed by atoms with Crippen LogP contribution in [0.1, 0.15) is 15.9 Å². The van der Waals surface area contributed by atoms with Gasteiger partial charge in [-0.1, -0.05) is 18.1 Å². The Morgan fingerprint density at radius 2 is 2.33 bits per heavy atom. The quantitative estimate of drug-likeness (QED) is 0.459. The molecule has 2 nitrogen and oxygen atoms in total. The van der Waals surface area contributed by atoms with E-state index in [1.807, 2.05) is 0 Å². The highest BCUT2D eigenvalue weighted by Gasteiger charge is 2.07. The molecule has 0 aliphatic carbocycles. The number of carbonyl (C=O) groups excluding carboxylic acids is 1. The van der Waals surface area contributed by atoms with Crippen LogP contribution in [0.4, 0.5) is 4.39 Å². The first-order chi connectivity index (χ1) is 7.15. The molecule has 0 aromatic heterocycles. The van der Waals surface area contributed by atoms with Crippen LogP contribution in [-0.4, -0.2) is 18.9 Å². The Labute approximate surface area is 88.5 Å². The van der Waals surface area contributed by atoms with Crippen LogP contribution in [0.3, 0.4) is 0 Å². The molecular weight excluding hydrogens is 193 g/mol. The summed E-state index contributed by atoms with van der Waals surface area (Å²) < 4.78 is 13.1. The molecule has 0 radical (unpaired) electrons. The van der Waals surface area contributed by atoms with E-state index >= 15 is 0 Å². The van der Waals surface area contributed by atoms with Gasteiger partial charge in [0.15, 0.2) is 5.78 Å². The number of Topliss-reactive ketones (excluding diaryl/α,β-unsaturated/α-hetero) is 1. The van der Waals surface area contributed by atoms with Crippen molar-refractivity contribution in [2.24, 2.45) is 0 Å². The summed E-state index contributed by atoms with van der Waals surface area (Å²) in [4.78, 5) is 11.5. The van der Waals surface area contributed by atoms with Gasteiger partial charge in [-0.25, -0.2) is 4.39 Å². The fourth-order valence-electron chi connectivity index (χ4n) is 1.12. The second-order valence-electron chi connectivity index (χ2n) is 3.19. The van der Waals surface area contributed by atoms with Gasteiger partial charge in [-0.05, 0) is 18.6 Å². The molecule has 78 valence electrons. The van der Waals surface area contributed by atoms with Crippen LogP contribution in [0.2, 0.25) is 0 Å². The monoisotopic (exact) mass is 205 g/mol. The largest absolute Gasteiger partial charge is 0.299 e. The molecule has 0 spiro atoms. The maximum atomic E-state index is 13.1. The van der Waals surface area contributed by atoms with Crippen LogP contribution in [-0.2, 0) is 0 Å². The average Bonchev–Trinajstić information content (AvgIpc) is 2.22. The van der Waals surface area contributed by atoms with Crippen LogP contribution in [0.5, 0.6) is 0 Å². The summed E-state index contributed by atoms with van der Waals surface area (Å²) in [6.07, 6.45) is 5.01. The van der Waals surface area contributed by atoms with Crippen LogP contribution >= 0.6 is 0 Å². The van der Waals surface area contributed by atoms with E-state index in [1.54, 1.807) is 19.1 Å². The van der Waals surface area contributed by atoms with E-state index in [0.29, 0.717) is 17.7 Å². The second kappa shape index (κ2) is 5.28. The van der Waals surface area contributed by atoms with Crippen LogP contribution in [0, 0.1) is 25.1 Å². The van der Waals surface area contributed by atoms with Gasteiger partial charge in [0, 0.05) is 5.56 Å². The van der Waals surface area contributed by atoms with E-state index in [-0.39, 0.29) is 18.1 Å². The first-order valence-corrected chi connectivity index (χ1v) is 4.58. The van der Waals surface area contributed by atoms with Crippen molar-refractivity contribution in [1.82, 2.24) is 5.32 Å². The van der Waals surface area contributed by atoms with Crippen LogP contribution in [0.25, 0.3) is 0 Å². The zero-order valence-corrected chi connectivity index (χ0v) is 8.51. The maximum Gasteiger partial charge on any atom is 0.176 e. The lowest BCUT2D eigenvalue weighted by atomic mass is 10.1. The fourth-order valence-corrected chi connectivity index (χ4v) is 1.12. The van der Waals surface area contributed by atoms with Crippen molar-refractivity contribution in [1.29, 1.82) is 0 Å². The van der Waals surface area contributed by atoms with Crippen molar-refractivity contribution in [2.45, 2.75) is 6.92 Å². The molecule has 0 bridgehead atoms. The van der Waals surface area contributed by atoms with Gasteiger partial charge in [0.1, 0.15) is 5.82 Å². The lowest BCUT2D eigenvalue weighted by Gasteiger charge is -2.02. The number of aryl methyl sites for hydroxylation is 1. The lowest BCUT2D eigenvalue weighted by molar-refractivity contribution is 0.0992. The third-order valence-electron chi connectivity index (χ3n) is 2.01. The molecule has 0 unspecified atom stereocenters. The molecule has 15 heavy (non-hydrogen) atoms. The standard InChI is InChI=1S/C12H12FNO/c1-3-6-14-8-12(15)10-5-4-9(2)11(13)7-10/h1,4-5,7,14H,6,8H2,2H3. The minimum absolute atomic E-state index is 0.132. The van der Waals surface area contributed by atoms with Crippen LogP contribution in [0.15, 0.2) is 18.2 Å². The number of ketones is 1. The molecule has 0 fully saturated rings. The predicted octanol–water partition coefficient (Wildman–Crippen LogP) is 1.54. The van der Waals surface area contributed by atoms with E-state index in [9.17, 15) is 9.18 Å². The number of nitrogens with one attached hydrogen (secondary N) is 1. The molecule has 1 rings (SSSR count). The Morgan fingerprint density at radius 3 is 2.93 bits per heavy atom. The normalized spacial score (nSPS) is 9.67. The summed E-state index contributed by atoms with van der Waals surface area (Å²) in [5.41, 5.74) is 0.894. The summed E-state index contributed by atoms with van der Waals surface area (Å²) >= 11 is 0. The van der Waals surface area contributed by atoms with Gasteiger partial charge in [0.25, 0.3) is 0 Å². The summed E-state index contributed by atoms with van der Waals surface area (Å²) in [6.45, 7) is 2.12. The molecule has 1 N–H and O–H groups in total. The molecule has 3 heteroatoms. The molecule has 0 amide bonds. The van der Waals surface area contributed by atoms with Gasteiger partial charge in [0.05, 0.1) is 13.1 Å². The third kappa shape index (κ3) is 3.19. The first kappa shape index (κ1) is 11.4. The Hall–Kier alpha value is -1.66. The Balaban J connectivity index is 2.67. The second-order valence-corrected chi connectivity index (χ2v) is 3.19. The zero-order valence-electron chi connectivity index (χ0n) is 8.51. The number of halogens is 1. The fraction of sp³-hybridized carbons (Fsp3) is 0.250. The molecule has 0 saturated heterocycles. The number of terminal acetylenes is 1. The van der Waals surface area contributed by atoms with Crippen molar-refractivity contribution >= 4 is 5.78 Å². The maximum absolute atomic E-state index is 13.1. The first-order valence-electron chi connectivity index (χ1n) is 4.58. The Morgan fingerprint density at radius 1 is 1.60 bits per heavy atom. The molecule has 0 atom stereocenters. The Kier molecular flexibility index (Phi) is 4.02. The number of hydrogen-bond donors (Lipinski definition) is 1. The molecule has 0 heterocycles. The summed E-state index contributed by atoms with van der Waals surface area (Å²) in [5, 5.41) is 2.76. The van der Waals surface area contributed by atoms with Gasteiger partial charge in [-0.15, -0.1) is 6.42 Å². The van der Waals surface area contributed by atoms with E-state index < -0.39 is 0 Å². The predicted molar refractivity (Wildman–Crippen MR) is 57.2 cm³/mol. The van der Waals surface area contributed by atoms with Crippen molar-refractivity contribution in [3.8, 4) is 12.3 Å². The number of rotatable bonds is 4. The van der Waals surface area contributed by atoms with Crippen molar-refractivity contribution in [3.05, 3.63) is 35.1 Å². The van der Waals surface area contributed by atoms with Gasteiger partial charge in [-0.3, -0.25) is 10.1 Å². The van der Waals surface area contributed by atoms with Gasteiger partial charge in [-0.2, -0.15) is 0 Å². The zero-order chi connectivity index (χ0) is 11.3. The number of benzene rings is 1. The smallest absolute Gasteiger partial charge is 0.176 e. The summed E-state index contributed by atoms with van der Waals surface area (Å²) in [5.74, 6) is 1.83. The Bertz CT molecular complexity index is 407. The van der Waals surface area contributed by atoms with Gasteiger partial charge in [0.2, 0.25) is 0 Å². The summed E-state index contributed by atoms with van der Waals surface area (Å²) in [6, 6.07) is 4.44. The molecule has 1 aromatic carbocycles. The summed E-state index contributed by atoms with van der Waals surface area (Å²) in [7, 11) is 0. The van der Waals surface area contributed by atoms with Crippen molar-refractivity contribution in [3.63, 3.8) is 0 Å². The molecule has 0 aliphatic rings. The molecular formula is C12H12FNO. The minimum Gasteiger partial charge on any atom is -0.299 e. The molecule has 0 saturated carbocycles. The molecule has 0 aliphatic heterocycles. The number of carbonyl (C=O) groups is 1. The highest BCUT2D eigenvalue weighted by molar-refractivity contribution is 5.97. The highest BCUT2D eigenvalue weighted by Crippen LogP contribution is 2.09. The highest BCUT2D eigenvalue weighted by atomic mass is 19.1. The van der Waals surface area contributed by atoms with E-state index in [4.69, 9.17) is 6.42 Å². The topological polar surface area (TPSA) is 29.1 Å². The lowest BCUT2D eigenvalue weighted by Crippen LogP contribution is -2.23. The van der Waals surface area contributed by atoms with Gasteiger partial charge >= 0.3 is 0 Å². The minimum atomic E-state index is -0.363. The molecule has 1 aromatic rings. The van der Waals surface area contributed by atoms with Gasteiger partial charge < -0.3 is 0 Å². The van der Waals surface area contributed by atoms with Crippen LogP contribution < -0.4 is 5.32 Å². The van der Waals surface area contributed by atoms with E-state index in [1.165, 1.54) is 6.07 Å². The third-order valence-corrected chi connectivity index (χ3v) is 2.01. The van der Waals surface area contributed by atoms with Crippen molar-refractivity contribution in [2.75, 3.05) is 13.1 Å². The van der Waals surface area contributed by atoms with E-state index in [2.05, 4.69) is 11.2 Å². The van der Waals surface area contributed by atoms with Crippen molar-refractivity contribution < 1.29 is 9.18 Å². The van der Waals surface area contributed by atoms with E-state index in [0.717, 1.165) is 0 Å². The SMILES string of the molecule is C#CCNCC(=O)c1ccc(C)c(F)c1. The number of hydrogen-bond acceptors (Lipinski definition) is 2.